The maximum atomic E-state index is 14.2. The summed E-state index contributed by atoms with van der Waals surface area (Å²) in [5, 5.41) is 4.57. The SMILES string of the molecule is CCc1cc2c(N3CCc4c(cc(Cn5ccnc5)cc4-c4cn(C)nc4C(F)(F)F)C3=O)ccnc2c(CC)n1. The second-order valence-electron chi connectivity index (χ2n) is 10.2. The van der Waals surface area contributed by atoms with Gasteiger partial charge in [0.1, 0.15) is 0 Å². The number of benzene rings is 1. The van der Waals surface area contributed by atoms with Gasteiger partial charge in [-0.1, -0.05) is 13.8 Å². The van der Waals surface area contributed by atoms with Crippen LogP contribution in [0.15, 0.2) is 55.4 Å². The van der Waals surface area contributed by atoms with Crippen LogP contribution in [0.4, 0.5) is 18.9 Å². The summed E-state index contributed by atoms with van der Waals surface area (Å²) in [5.74, 6) is -0.266. The zero-order valence-corrected chi connectivity index (χ0v) is 22.9. The van der Waals surface area contributed by atoms with Gasteiger partial charge in [-0.15, -0.1) is 0 Å². The minimum atomic E-state index is -4.65. The lowest BCUT2D eigenvalue weighted by Crippen LogP contribution is -2.38. The molecule has 11 heteroatoms. The molecule has 0 unspecified atom stereocenters. The number of amides is 1. The molecule has 4 aromatic heterocycles. The number of fused-ring (bicyclic) bond motifs is 2. The number of rotatable bonds is 6. The van der Waals surface area contributed by atoms with Gasteiger partial charge in [0.25, 0.3) is 5.91 Å². The first-order valence-corrected chi connectivity index (χ1v) is 13.5. The van der Waals surface area contributed by atoms with Gasteiger partial charge < -0.3 is 9.47 Å². The molecule has 1 aliphatic heterocycles. The van der Waals surface area contributed by atoms with Crippen molar-refractivity contribution >= 4 is 22.5 Å². The molecule has 0 saturated carbocycles. The van der Waals surface area contributed by atoms with Crippen LogP contribution in [0.2, 0.25) is 0 Å². The molecule has 1 aromatic carbocycles. The molecule has 8 nitrogen and oxygen atoms in total. The Bertz CT molecular complexity index is 1770. The molecule has 41 heavy (non-hydrogen) atoms. The van der Waals surface area contributed by atoms with E-state index >= 15 is 0 Å². The van der Waals surface area contributed by atoms with Crippen molar-refractivity contribution in [2.45, 2.75) is 45.8 Å². The zero-order chi connectivity index (χ0) is 28.9. The standard InChI is InChI=1S/C30H28F3N7O/c1-4-19-14-23-26(6-8-35-27(23)25(5-2)36-19)40-10-7-20-21(24-16-38(3)37-28(24)30(31,32)33)12-18(13-22(20)29(40)41)15-39-11-9-34-17-39/h6,8-9,11-14,16-17H,4-5,7,10,15H2,1-3H3. The van der Waals surface area contributed by atoms with Crippen LogP contribution in [-0.2, 0) is 39.0 Å². The van der Waals surface area contributed by atoms with Crippen LogP contribution in [0.5, 0.6) is 0 Å². The van der Waals surface area contributed by atoms with E-state index in [-0.39, 0.29) is 11.5 Å². The summed E-state index contributed by atoms with van der Waals surface area (Å²) < 4.78 is 45.1. The van der Waals surface area contributed by atoms with Crippen LogP contribution in [-0.4, -0.2) is 41.8 Å². The lowest BCUT2D eigenvalue weighted by atomic mass is 9.88. The molecule has 1 amide bonds. The van der Waals surface area contributed by atoms with Crippen molar-refractivity contribution in [1.82, 2.24) is 29.3 Å². The van der Waals surface area contributed by atoms with E-state index in [1.807, 2.05) is 30.5 Å². The quantitative estimate of drug-likeness (QED) is 0.270. The Balaban J connectivity index is 1.52. The molecule has 0 radical (unpaired) electrons. The first-order chi connectivity index (χ1) is 19.7. The highest BCUT2D eigenvalue weighted by Crippen LogP contribution is 2.41. The van der Waals surface area contributed by atoms with Gasteiger partial charge in [-0.2, -0.15) is 18.3 Å². The van der Waals surface area contributed by atoms with Gasteiger partial charge in [-0.05, 0) is 60.2 Å². The van der Waals surface area contributed by atoms with Gasteiger partial charge in [0.2, 0.25) is 0 Å². The maximum Gasteiger partial charge on any atom is 0.435 e. The largest absolute Gasteiger partial charge is 0.435 e. The molecule has 0 bridgehead atoms. The molecular weight excluding hydrogens is 531 g/mol. The Kier molecular flexibility index (Phi) is 6.59. The fourth-order valence-corrected chi connectivity index (χ4v) is 5.63. The summed E-state index contributed by atoms with van der Waals surface area (Å²) in [6.07, 6.45) is 5.26. The van der Waals surface area contributed by atoms with Crippen molar-refractivity contribution in [3.63, 3.8) is 0 Å². The van der Waals surface area contributed by atoms with Gasteiger partial charge in [0, 0.05) is 67.1 Å². The van der Waals surface area contributed by atoms with E-state index in [1.165, 1.54) is 13.2 Å². The number of pyridine rings is 2. The number of carbonyl (C=O) groups is 1. The fourth-order valence-electron chi connectivity index (χ4n) is 5.63. The predicted molar refractivity (Wildman–Crippen MR) is 149 cm³/mol. The Morgan fingerprint density at radius 1 is 1.02 bits per heavy atom. The number of alkyl halides is 3. The molecule has 0 aliphatic carbocycles. The van der Waals surface area contributed by atoms with E-state index in [0.717, 1.165) is 39.1 Å². The number of carbonyl (C=O) groups excluding carboxylic acids is 1. The van der Waals surface area contributed by atoms with Gasteiger partial charge in [0.05, 0.1) is 23.2 Å². The molecule has 0 N–H and O–H groups in total. The molecular formula is C30H28F3N7O. The van der Waals surface area contributed by atoms with Crippen molar-refractivity contribution in [1.29, 1.82) is 0 Å². The highest BCUT2D eigenvalue weighted by atomic mass is 19.4. The molecule has 0 spiro atoms. The van der Waals surface area contributed by atoms with Crippen molar-refractivity contribution in [2.75, 3.05) is 11.4 Å². The molecule has 5 aromatic rings. The molecule has 6 rings (SSSR count). The number of hydrogen-bond acceptors (Lipinski definition) is 5. The monoisotopic (exact) mass is 559 g/mol. The third kappa shape index (κ3) is 4.75. The molecule has 1 aliphatic rings. The van der Waals surface area contributed by atoms with Crippen molar-refractivity contribution in [3.05, 3.63) is 89.2 Å². The smallest absolute Gasteiger partial charge is 0.333 e. The Hall–Kier alpha value is -4.54. The van der Waals surface area contributed by atoms with Crippen LogP contribution in [0.3, 0.4) is 0 Å². The van der Waals surface area contributed by atoms with Gasteiger partial charge in [-0.25, -0.2) is 4.98 Å². The Labute approximate surface area is 234 Å². The number of hydrogen-bond donors (Lipinski definition) is 0. The number of aromatic nitrogens is 6. The lowest BCUT2D eigenvalue weighted by Gasteiger charge is -2.31. The third-order valence-corrected chi connectivity index (χ3v) is 7.50. The van der Waals surface area contributed by atoms with Crippen molar-refractivity contribution in [3.8, 4) is 11.1 Å². The van der Waals surface area contributed by atoms with Crippen LogP contribution < -0.4 is 4.90 Å². The summed E-state index contributed by atoms with van der Waals surface area (Å²) in [4.78, 5) is 29.3. The van der Waals surface area contributed by atoms with E-state index in [2.05, 4.69) is 15.1 Å². The first kappa shape index (κ1) is 26.7. The van der Waals surface area contributed by atoms with Gasteiger partial charge in [0.15, 0.2) is 5.69 Å². The molecule has 5 heterocycles. The van der Waals surface area contributed by atoms with Gasteiger partial charge >= 0.3 is 6.18 Å². The van der Waals surface area contributed by atoms with E-state index in [1.54, 1.807) is 42.0 Å². The highest BCUT2D eigenvalue weighted by molar-refractivity contribution is 6.13. The number of anilines is 1. The predicted octanol–water partition coefficient (Wildman–Crippen LogP) is 5.62. The third-order valence-electron chi connectivity index (χ3n) is 7.50. The number of halogens is 3. The minimum Gasteiger partial charge on any atom is -0.333 e. The van der Waals surface area contributed by atoms with Crippen molar-refractivity contribution in [2.24, 2.45) is 7.05 Å². The topological polar surface area (TPSA) is 81.7 Å². The first-order valence-electron chi connectivity index (χ1n) is 13.5. The molecule has 0 saturated heterocycles. The molecule has 210 valence electrons. The minimum absolute atomic E-state index is 0.0365. The van der Waals surface area contributed by atoms with Crippen LogP contribution >= 0.6 is 0 Å². The van der Waals surface area contributed by atoms with Gasteiger partial charge in [-0.3, -0.25) is 19.4 Å². The van der Waals surface area contributed by atoms with E-state index in [9.17, 15) is 18.0 Å². The maximum absolute atomic E-state index is 14.2. The number of aryl methyl sites for hydroxylation is 3. The normalized spacial score (nSPS) is 13.7. The summed E-state index contributed by atoms with van der Waals surface area (Å²) in [6, 6.07) is 7.33. The van der Waals surface area contributed by atoms with Crippen molar-refractivity contribution < 1.29 is 18.0 Å². The average Bonchev–Trinajstić information content (AvgIpc) is 3.62. The lowest BCUT2D eigenvalue weighted by molar-refractivity contribution is -0.140. The Morgan fingerprint density at radius 3 is 2.54 bits per heavy atom. The van der Waals surface area contributed by atoms with Crippen LogP contribution in [0, 0.1) is 0 Å². The summed E-state index contributed by atoms with van der Waals surface area (Å²) in [7, 11) is 1.46. The number of nitrogens with zero attached hydrogens (tertiary/aromatic N) is 7. The highest BCUT2D eigenvalue weighted by Gasteiger charge is 2.39. The summed E-state index contributed by atoms with van der Waals surface area (Å²) in [5.41, 5.74) is 4.27. The second-order valence-corrected chi connectivity index (χ2v) is 10.2. The number of imidazole rings is 1. The fraction of sp³-hybridized carbons (Fsp3) is 0.300. The van der Waals surface area contributed by atoms with E-state index in [0.29, 0.717) is 48.2 Å². The molecule has 0 fully saturated rings. The zero-order valence-electron chi connectivity index (χ0n) is 22.9. The summed E-state index contributed by atoms with van der Waals surface area (Å²) >= 11 is 0. The average molecular weight is 560 g/mol. The van der Waals surface area contributed by atoms with Crippen LogP contribution in [0.25, 0.3) is 22.0 Å². The second kappa shape index (κ2) is 10.1. The molecule has 0 atom stereocenters. The Morgan fingerprint density at radius 2 is 1.83 bits per heavy atom. The van der Waals surface area contributed by atoms with E-state index in [4.69, 9.17) is 4.98 Å². The van der Waals surface area contributed by atoms with Crippen LogP contribution in [0.1, 0.15) is 52.4 Å². The summed E-state index contributed by atoms with van der Waals surface area (Å²) in [6.45, 7) is 4.71. The van der Waals surface area contributed by atoms with E-state index < -0.39 is 11.9 Å².